The van der Waals surface area contributed by atoms with E-state index in [9.17, 15) is 0 Å². The topological polar surface area (TPSA) is 59.9 Å². The van der Waals surface area contributed by atoms with Gasteiger partial charge in [-0.3, -0.25) is 0 Å². The average molecular weight is 244 g/mol. The second-order valence-electron chi connectivity index (χ2n) is 3.59. The van der Waals surface area contributed by atoms with Gasteiger partial charge < -0.3 is 10.1 Å². The maximum absolute atomic E-state index is 5.35. The Morgan fingerprint density at radius 1 is 1.06 bits per heavy atom. The van der Waals surface area contributed by atoms with Gasteiger partial charge in [-0.2, -0.15) is 15.0 Å². The highest BCUT2D eigenvalue weighted by atomic mass is 16.5. The van der Waals surface area contributed by atoms with Gasteiger partial charge in [0.15, 0.2) is 5.82 Å². The molecule has 5 heteroatoms. The molecule has 1 heterocycles. The summed E-state index contributed by atoms with van der Waals surface area (Å²) in [6.45, 7) is 5.18. The monoisotopic (exact) mass is 244 g/mol. The van der Waals surface area contributed by atoms with Gasteiger partial charge in [0.05, 0.1) is 6.61 Å². The van der Waals surface area contributed by atoms with Crippen molar-refractivity contribution in [2.24, 2.45) is 0 Å². The first-order valence-electron chi connectivity index (χ1n) is 6.01. The molecule has 0 fully saturated rings. The van der Waals surface area contributed by atoms with E-state index in [-0.39, 0.29) is 0 Å². The predicted octanol–water partition coefficient (Wildman–Crippen LogP) is 2.37. The van der Waals surface area contributed by atoms with Gasteiger partial charge in [-0.25, -0.2) is 0 Å². The molecule has 1 aromatic heterocycles. The molecule has 0 saturated heterocycles. The van der Waals surface area contributed by atoms with Crippen LogP contribution in [0, 0.1) is 0 Å². The van der Waals surface area contributed by atoms with Crippen LogP contribution in [-0.2, 0) is 0 Å². The number of benzene rings is 1. The minimum Gasteiger partial charge on any atom is -0.464 e. The van der Waals surface area contributed by atoms with Crippen LogP contribution in [-0.4, -0.2) is 28.1 Å². The Bertz CT molecular complexity index is 477. The van der Waals surface area contributed by atoms with Gasteiger partial charge in [-0.1, -0.05) is 30.3 Å². The zero-order chi connectivity index (χ0) is 12.8. The number of ether oxygens (including phenoxy) is 1. The van der Waals surface area contributed by atoms with E-state index >= 15 is 0 Å². The fraction of sp³-hybridized carbons (Fsp3) is 0.308. The Labute approximate surface area is 106 Å². The molecule has 18 heavy (non-hydrogen) atoms. The molecule has 0 aliphatic heterocycles. The summed E-state index contributed by atoms with van der Waals surface area (Å²) in [7, 11) is 0. The molecule has 0 atom stereocenters. The van der Waals surface area contributed by atoms with E-state index < -0.39 is 0 Å². The lowest BCUT2D eigenvalue weighted by atomic mass is 10.2. The minimum absolute atomic E-state index is 0.349. The van der Waals surface area contributed by atoms with Crippen molar-refractivity contribution in [3.05, 3.63) is 30.3 Å². The lowest BCUT2D eigenvalue weighted by molar-refractivity contribution is 0.312. The van der Waals surface area contributed by atoms with Crippen LogP contribution in [0.1, 0.15) is 13.8 Å². The number of anilines is 1. The number of nitrogens with zero attached hydrogens (tertiary/aromatic N) is 3. The van der Waals surface area contributed by atoms with Crippen molar-refractivity contribution in [1.82, 2.24) is 15.0 Å². The summed E-state index contributed by atoms with van der Waals surface area (Å²) in [5.41, 5.74) is 0.944. The molecule has 0 amide bonds. The molecular formula is C13H16N4O. The highest BCUT2D eigenvalue weighted by Gasteiger charge is 2.08. The molecule has 5 nitrogen and oxygen atoms in total. The van der Waals surface area contributed by atoms with Gasteiger partial charge in [0, 0.05) is 12.1 Å². The zero-order valence-electron chi connectivity index (χ0n) is 10.6. The van der Waals surface area contributed by atoms with E-state index in [2.05, 4.69) is 20.3 Å². The summed E-state index contributed by atoms with van der Waals surface area (Å²) in [6, 6.07) is 10.1. The molecule has 0 spiro atoms. The fourth-order valence-electron chi connectivity index (χ4n) is 1.50. The standard InChI is InChI=1S/C13H16N4O/c1-3-14-12-15-11(10-8-6-5-7-9-10)16-13(17-12)18-4-2/h5-9H,3-4H2,1-2H3,(H,14,15,16,17). The maximum Gasteiger partial charge on any atom is 0.321 e. The molecule has 0 aliphatic carbocycles. The quantitative estimate of drug-likeness (QED) is 0.875. The van der Waals surface area contributed by atoms with Crippen LogP contribution >= 0.6 is 0 Å². The smallest absolute Gasteiger partial charge is 0.321 e. The largest absolute Gasteiger partial charge is 0.464 e. The van der Waals surface area contributed by atoms with E-state index in [1.165, 1.54) is 0 Å². The number of aromatic nitrogens is 3. The Hall–Kier alpha value is -2.17. The van der Waals surface area contributed by atoms with E-state index in [4.69, 9.17) is 4.74 Å². The van der Waals surface area contributed by atoms with Crippen LogP contribution in [0.4, 0.5) is 5.95 Å². The molecule has 0 aliphatic rings. The van der Waals surface area contributed by atoms with Gasteiger partial charge >= 0.3 is 6.01 Å². The van der Waals surface area contributed by atoms with Crippen molar-refractivity contribution in [2.45, 2.75) is 13.8 Å². The SMILES string of the molecule is CCNc1nc(OCC)nc(-c2ccccc2)n1. The van der Waals surface area contributed by atoms with Crippen LogP contribution in [0.15, 0.2) is 30.3 Å². The number of rotatable bonds is 5. The summed E-state index contributed by atoms with van der Waals surface area (Å²) in [6.07, 6.45) is 0. The summed E-state index contributed by atoms with van der Waals surface area (Å²) in [5, 5.41) is 3.07. The van der Waals surface area contributed by atoms with Crippen molar-refractivity contribution in [3.8, 4) is 17.4 Å². The van der Waals surface area contributed by atoms with Crippen molar-refractivity contribution < 1.29 is 4.74 Å². The molecule has 0 bridgehead atoms. The van der Waals surface area contributed by atoms with Crippen molar-refractivity contribution >= 4 is 5.95 Å². The highest BCUT2D eigenvalue weighted by Crippen LogP contribution is 2.18. The summed E-state index contributed by atoms with van der Waals surface area (Å²) in [4.78, 5) is 12.8. The van der Waals surface area contributed by atoms with Gasteiger partial charge in [0.25, 0.3) is 0 Å². The Balaban J connectivity index is 2.39. The van der Waals surface area contributed by atoms with Crippen LogP contribution in [0.2, 0.25) is 0 Å². The number of hydrogen-bond acceptors (Lipinski definition) is 5. The van der Waals surface area contributed by atoms with Gasteiger partial charge in [-0.05, 0) is 13.8 Å². The third kappa shape index (κ3) is 2.94. The summed E-state index contributed by atoms with van der Waals surface area (Å²) < 4.78 is 5.35. The maximum atomic E-state index is 5.35. The highest BCUT2D eigenvalue weighted by molar-refractivity contribution is 5.56. The second kappa shape index (κ2) is 5.95. The third-order valence-electron chi connectivity index (χ3n) is 2.26. The fourth-order valence-corrected chi connectivity index (χ4v) is 1.50. The normalized spacial score (nSPS) is 10.1. The predicted molar refractivity (Wildman–Crippen MR) is 70.6 cm³/mol. The lowest BCUT2D eigenvalue weighted by Gasteiger charge is -2.07. The summed E-state index contributed by atoms with van der Waals surface area (Å²) >= 11 is 0. The molecule has 2 aromatic rings. The second-order valence-corrected chi connectivity index (χ2v) is 3.59. The van der Waals surface area contributed by atoms with Crippen molar-refractivity contribution in [2.75, 3.05) is 18.5 Å². The van der Waals surface area contributed by atoms with E-state index in [1.54, 1.807) is 0 Å². The average Bonchev–Trinajstić information content (AvgIpc) is 2.40. The minimum atomic E-state index is 0.349. The molecule has 1 N–H and O–H groups in total. The molecule has 2 rings (SSSR count). The molecule has 1 aromatic carbocycles. The van der Waals surface area contributed by atoms with Gasteiger partial charge in [0.2, 0.25) is 5.95 Å². The van der Waals surface area contributed by atoms with Crippen LogP contribution < -0.4 is 10.1 Å². The van der Waals surface area contributed by atoms with Gasteiger partial charge in [0.1, 0.15) is 0 Å². The first-order chi connectivity index (χ1) is 8.83. The molecule has 94 valence electrons. The van der Waals surface area contributed by atoms with E-state index in [0.717, 1.165) is 12.1 Å². The number of hydrogen-bond donors (Lipinski definition) is 1. The number of nitrogens with one attached hydrogen (secondary N) is 1. The summed E-state index contributed by atoms with van der Waals surface area (Å²) in [5.74, 6) is 1.15. The van der Waals surface area contributed by atoms with Crippen molar-refractivity contribution in [1.29, 1.82) is 0 Å². The molecule has 0 saturated carbocycles. The first kappa shape index (κ1) is 12.3. The Kier molecular flexibility index (Phi) is 4.06. The Morgan fingerprint density at radius 2 is 1.83 bits per heavy atom. The van der Waals surface area contributed by atoms with Crippen molar-refractivity contribution in [3.63, 3.8) is 0 Å². The lowest BCUT2D eigenvalue weighted by Crippen LogP contribution is -2.07. The molecule has 0 radical (unpaired) electrons. The first-order valence-corrected chi connectivity index (χ1v) is 6.01. The third-order valence-corrected chi connectivity index (χ3v) is 2.26. The van der Waals surface area contributed by atoms with Crippen LogP contribution in [0.3, 0.4) is 0 Å². The van der Waals surface area contributed by atoms with Gasteiger partial charge in [-0.15, -0.1) is 0 Å². The van der Waals surface area contributed by atoms with E-state index in [1.807, 2.05) is 44.2 Å². The van der Waals surface area contributed by atoms with E-state index in [0.29, 0.717) is 24.4 Å². The van der Waals surface area contributed by atoms with Crippen LogP contribution in [0.5, 0.6) is 6.01 Å². The zero-order valence-corrected chi connectivity index (χ0v) is 10.6. The van der Waals surface area contributed by atoms with Crippen LogP contribution in [0.25, 0.3) is 11.4 Å². The Morgan fingerprint density at radius 3 is 2.50 bits per heavy atom. The molecular weight excluding hydrogens is 228 g/mol. The molecule has 0 unspecified atom stereocenters.